The van der Waals surface area contributed by atoms with Gasteiger partial charge >= 0.3 is 23.1 Å². The van der Waals surface area contributed by atoms with Gasteiger partial charge in [-0.3, -0.25) is 0 Å². The Bertz CT molecular complexity index is 171. The van der Waals surface area contributed by atoms with Crippen LogP contribution in [0.3, 0.4) is 0 Å². The summed E-state index contributed by atoms with van der Waals surface area (Å²) in [5.74, 6) is 0. The van der Waals surface area contributed by atoms with Crippen molar-refractivity contribution in [2.24, 2.45) is 0 Å². The molecule has 0 spiro atoms. The van der Waals surface area contributed by atoms with E-state index in [0.29, 0.717) is 0 Å². The van der Waals surface area contributed by atoms with Crippen LogP contribution in [-0.4, -0.2) is 42.4 Å². The van der Waals surface area contributed by atoms with Crippen LogP contribution >= 0.6 is 12.4 Å². The van der Waals surface area contributed by atoms with E-state index in [1.54, 1.807) is 13.7 Å². The number of aliphatic hydroxyl groups excluding tert-OH is 1. The minimum atomic E-state index is 0. The molecule has 1 aromatic carbocycles. The van der Waals surface area contributed by atoms with Gasteiger partial charge in [0.2, 0.25) is 0 Å². The maximum Gasteiger partial charge on any atom is 2.00 e. The summed E-state index contributed by atoms with van der Waals surface area (Å²) >= 11 is 0. The van der Waals surface area contributed by atoms with E-state index in [9.17, 15) is 0 Å². The van der Waals surface area contributed by atoms with E-state index >= 15 is 0 Å². The van der Waals surface area contributed by atoms with Crippen molar-refractivity contribution in [1.29, 1.82) is 0 Å². The van der Waals surface area contributed by atoms with Gasteiger partial charge in [-0.2, -0.15) is 17.7 Å². The zero-order valence-electron chi connectivity index (χ0n) is 7.93. The first-order chi connectivity index (χ1) is 5.43. The van der Waals surface area contributed by atoms with Crippen molar-refractivity contribution in [3.63, 3.8) is 0 Å². The van der Waals surface area contributed by atoms with Gasteiger partial charge in [-0.1, -0.05) is 12.7 Å². The predicted molar refractivity (Wildman–Crippen MR) is 58.0 cm³/mol. The van der Waals surface area contributed by atoms with Crippen molar-refractivity contribution in [2.75, 3.05) is 14.2 Å². The van der Waals surface area contributed by atoms with Crippen LogP contribution in [-0.2, 0) is 4.74 Å². The number of hydrogen-bond donors (Lipinski definition) is 1. The van der Waals surface area contributed by atoms with Gasteiger partial charge in [0.1, 0.15) is 0 Å². The second-order valence-electron chi connectivity index (χ2n) is 1.76. The van der Waals surface area contributed by atoms with Crippen LogP contribution in [0.4, 0.5) is 0 Å². The van der Waals surface area contributed by atoms with Crippen LogP contribution in [0, 0.1) is 6.61 Å². The maximum absolute atomic E-state index is 7.00. The van der Waals surface area contributed by atoms with Crippen LogP contribution in [0.1, 0.15) is 5.56 Å². The minimum absolute atomic E-state index is 0. The molecule has 1 aromatic rings. The van der Waals surface area contributed by atoms with Crippen molar-refractivity contribution in [3.05, 3.63) is 42.5 Å². The smallest absolute Gasteiger partial charge is 0.417 e. The Morgan fingerprint density at radius 3 is 2.00 bits per heavy atom. The molecule has 0 aliphatic heterocycles. The van der Waals surface area contributed by atoms with Crippen molar-refractivity contribution >= 4 is 35.5 Å². The number of benzene rings is 1. The molecule has 13 heavy (non-hydrogen) atoms. The summed E-state index contributed by atoms with van der Waals surface area (Å²) < 4.78 is 4.80. The summed E-state index contributed by atoms with van der Waals surface area (Å²) in [6.07, 6.45) is 0. The zero-order chi connectivity index (χ0) is 8.53. The molecular weight excluding hydrogens is 200 g/mol. The van der Waals surface area contributed by atoms with Gasteiger partial charge in [-0.25, -0.2) is 0 Å². The Morgan fingerprint density at radius 1 is 1.15 bits per heavy atom. The Labute approximate surface area is 102 Å². The molecule has 1 N–H and O–H groups in total. The van der Waals surface area contributed by atoms with Crippen molar-refractivity contribution in [1.82, 2.24) is 0 Å². The van der Waals surface area contributed by atoms with Crippen LogP contribution in [0.2, 0.25) is 0 Å². The summed E-state index contributed by atoms with van der Waals surface area (Å²) in [6.45, 7) is 1.71. The molecule has 0 aliphatic carbocycles. The third-order valence-electron chi connectivity index (χ3n) is 1.05. The Kier molecular flexibility index (Phi) is 21.1. The molecular formula is C9H14ClMgO2+. The average molecular weight is 214 g/mol. The standard InChI is InChI=1S/C8H9O.CH4O.ClH.Mg/c1-9-7-8-5-3-2-4-6-8;1-2;;/h2-7H,1H3;2H,1H3;1H;/q-1;;;+2. The Hall–Kier alpha value is 0.0662. The molecule has 4 heteroatoms. The molecule has 0 amide bonds. The summed E-state index contributed by atoms with van der Waals surface area (Å²) in [7, 11) is 2.65. The number of aliphatic hydroxyl groups is 1. The van der Waals surface area contributed by atoms with E-state index in [4.69, 9.17) is 9.84 Å². The summed E-state index contributed by atoms with van der Waals surface area (Å²) in [5.41, 5.74) is 1.10. The fraction of sp³-hybridized carbons (Fsp3) is 0.222. The third kappa shape index (κ3) is 9.98. The summed E-state index contributed by atoms with van der Waals surface area (Å²) in [5, 5.41) is 7.00. The first-order valence-corrected chi connectivity index (χ1v) is 3.29. The summed E-state index contributed by atoms with van der Waals surface area (Å²) in [4.78, 5) is 0. The molecule has 0 radical (unpaired) electrons. The SMILES string of the molecule is CO.CO[CH-]c1ccccc1.Cl.[Mg+2]. The second kappa shape index (κ2) is 14.6. The average Bonchev–Trinajstić information content (AvgIpc) is 2.11. The quantitative estimate of drug-likeness (QED) is 0.596. The van der Waals surface area contributed by atoms with Crippen molar-refractivity contribution < 1.29 is 9.84 Å². The monoisotopic (exact) mass is 213 g/mol. The fourth-order valence-electron chi connectivity index (χ4n) is 0.668. The van der Waals surface area contributed by atoms with Gasteiger partial charge in [-0.15, -0.1) is 24.5 Å². The molecule has 70 valence electrons. The molecule has 2 nitrogen and oxygen atoms in total. The topological polar surface area (TPSA) is 29.5 Å². The molecule has 0 heterocycles. The van der Waals surface area contributed by atoms with E-state index in [1.165, 1.54) is 0 Å². The normalized spacial score (nSPS) is 6.69. The number of ether oxygens (including phenoxy) is 1. The molecule has 1 rings (SSSR count). The van der Waals surface area contributed by atoms with Crippen molar-refractivity contribution in [3.8, 4) is 0 Å². The molecule has 0 aromatic heterocycles. The Morgan fingerprint density at radius 2 is 1.62 bits per heavy atom. The van der Waals surface area contributed by atoms with E-state index in [2.05, 4.69) is 0 Å². The van der Waals surface area contributed by atoms with Gasteiger partial charge in [0.05, 0.1) is 0 Å². The second-order valence-corrected chi connectivity index (χ2v) is 1.76. The molecule has 0 saturated heterocycles. The molecule has 0 bridgehead atoms. The van der Waals surface area contributed by atoms with Crippen LogP contribution < -0.4 is 0 Å². The van der Waals surface area contributed by atoms with E-state index in [0.717, 1.165) is 12.7 Å². The zero-order valence-corrected chi connectivity index (χ0v) is 10.2. The molecule has 0 saturated carbocycles. The largest absolute Gasteiger partial charge is 2.00 e. The number of hydrogen-bond acceptors (Lipinski definition) is 2. The number of methoxy groups -OCH3 is 1. The fourth-order valence-corrected chi connectivity index (χ4v) is 0.668. The van der Waals surface area contributed by atoms with E-state index in [-0.39, 0.29) is 35.5 Å². The number of halogens is 1. The van der Waals surface area contributed by atoms with Gasteiger partial charge in [0, 0.05) is 14.2 Å². The first kappa shape index (κ1) is 18.8. The third-order valence-corrected chi connectivity index (χ3v) is 1.05. The van der Waals surface area contributed by atoms with Gasteiger partial charge in [0.15, 0.2) is 0 Å². The molecule has 0 atom stereocenters. The van der Waals surface area contributed by atoms with Gasteiger partial charge in [0.25, 0.3) is 0 Å². The molecule has 0 aliphatic rings. The number of rotatable bonds is 2. The van der Waals surface area contributed by atoms with Gasteiger partial charge < -0.3 is 9.84 Å². The van der Waals surface area contributed by atoms with Crippen LogP contribution in [0.5, 0.6) is 0 Å². The van der Waals surface area contributed by atoms with Gasteiger partial charge in [-0.05, 0) is 0 Å². The predicted octanol–water partition coefficient (Wildman–Crippen LogP) is 1.49. The minimum Gasteiger partial charge on any atom is -0.417 e. The Balaban J connectivity index is -0.000000234. The first-order valence-electron chi connectivity index (χ1n) is 3.29. The van der Waals surface area contributed by atoms with E-state index in [1.807, 2.05) is 30.3 Å². The van der Waals surface area contributed by atoms with Crippen LogP contribution in [0.25, 0.3) is 0 Å². The molecule has 0 unspecified atom stereocenters. The van der Waals surface area contributed by atoms with Crippen LogP contribution in [0.15, 0.2) is 30.3 Å². The summed E-state index contributed by atoms with van der Waals surface area (Å²) in [6, 6.07) is 9.91. The van der Waals surface area contributed by atoms with Crippen molar-refractivity contribution in [2.45, 2.75) is 0 Å². The molecule has 0 fully saturated rings. The van der Waals surface area contributed by atoms with E-state index < -0.39 is 0 Å². The maximum atomic E-state index is 7.00.